The van der Waals surface area contributed by atoms with Crippen LogP contribution in [0.2, 0.25) is 5.02 Å². The smallest absolute Gasteiger partial charge is 0.152 e. The quantitative estimate of drug-likeness (QED) is 0.777. The molecule has 0 aliphatic carbocycles. The van der Waals surface area contributed by atoms with E-state index in [0.717, 1.165) is 16.9 Å². The van der Waals surface area contributed by atoms with Gasteiger partial charge >= 0.3 is 0 Å². The molecule has 4 nitrogen and oxygen atoms in total. The van der Waals surface area contributed by atoms with Crippen molar-refractivity contribution in [2.24, 2.45) is 0 Å². The monoisotopic (exact) mass is 355 g/mol. The van der Waals surface area contributed by atoms with E-state index >= 15 is 0 Å². The molecule has 0 radical (unpaired) electrons. The Bertz CT molecular complexity index is 652. The summed E-state index contributed by atoms with van der Waals surface area (Å²) in [6.45, 7) is 3.41. The maximum absolute atomic E-state index is 13.5. The molecule has 0 bridgehead atoms. The number of aromatic nitrogens is 2. The summed E-state index contributed by atoms with van der Waals surface area (Å²) in [6.07, 6.45) is 2.47. The molecular formula is C16H19ClFN3OS. The molecule has 1 heterocycles. The van der Waals surface area contributed by atoms with Crippen LogP contribution in [0.5, 0.6) is 0 Å². The molecule has 1 N–H and O–H groups in total. The van der Waals surface area contributed by atoms with Gasteiger partial charge in [0.25, 0.3) is 0 Å². The van der Waals surface area contributed by atoms with Crippen molar-refractivity contribution in [3.05, 3.63) is 46.9 Å². The zero-order valence-corrected chi connectivity index (χ0v) is 14.8. The lowest BCUT2D eigenvalue weighted by Gasteiger charge is -2.20. The Morgan fingerprint density at radius 3 is 2.48 bits per heavy atom. The molecule has 2 rings (SSSR count). The molecule has 23 heavy (non-hydrogen) atoms. The van der Waals surface area contributed by atoms with Crippen LogP contribution in [0.3, 0.4) is 0 Å². The Morgan fingerprint density at radius 2 is 1.96 bits per heavy atom. The number of nitrogens with one attached hydrogen (secondary N) is 1. The fourth-order valence-electron chi connectivity index (χ4n) is 2.24. The third-order valence-electron chi connectivity index (χ3n) is 3.53. The van der Waals surface area contributed by atoms with Crippen molar-refractivity contribution in [2.75, 3.05) is 11.6 Å². The standard InChI is InChI=1S/C16H19ClFN3OS/c1-4-13(11-5-7-12(8-6-11)23(3)22)21-16-14(17)15(10(2)18)19-9-20-16/h5-10,13H,4H2,1-3H3,(H,19,20,21). The summed E-state index contributed by atoms with van der Waals surface area (Å²) < 4.78 is 25.0. The molecule has 2 aromatic rings. The van der Waals surface area contributed by atoms with E-state index in [9.17, 15) is 8.94 Å². The second kappa shape index (κ2) is 7.95. The average molecular weight is 356 g/mol. The molecule has 0 saturated carbocycles. The molecule has 124 valence electrons. The zero-order valence-electron chi connectivity index (χ0n) is 13.2. The zero-order chi connectivity index (χ0) is 17.0. The largest absolute Gasteiger partial charge is 0.612 e. The van der Waals surface area contributed by atoms with Crippen LogP contribution in [0.25, 0.3) is 0 Å². The Kier molecular flexibility index (Phi) is 6.21. The lowest BCUT2D eigenvalue weighted by Crippen LogP contribution is -2.12. The van der Waals surface area contributed by atoms with E-state index in [0.29, 0.717) is 5.82 Å². The summed E-state index contributed by atoms with van der Waals surface area (Å²) in [5.41, 5.74) is 1.20. The van der Waals surface area contributed by atoms with Crippen molar-refractivity contribution in [2.45, 2.75) is 37.4 Å². The van der Waals surface area contributed by atoms with Crippen molar-refractivity contribution in [1.82, 2.24) is 9.97 Å². The fraction of sp³-hybridized carbons (Fsp3) is 0.375. The van der Waals surface area contributed by atoms with Gasteiger partial charge in [-0.05, 0) is 42.2 Å². The lowest BCUT2D eigenvalue weighted by molar-refractivity contribution is 0.365. The van der Waals surface area contributed by atoms with Gasteiger partial charge in [0.2, 0.25) is 0 Å². The normalized spacial score (nSPS) is 15.0. The van der Waals surface area contributed by atoms with E-state index in [1.54, 1.807) is 6.26 Å². The lowest BCUT2D eigenvalue weighted by atomic mass is 10.0. The van der Waals surface area contributed by atoms with Gasteiger partial charge in [-0.3, -0.25) is 0 Å². The summed E-state index contributed by atoms with van der Waals surface area (Å²) in [7, 11) is 0. The fourth-order valence-corrected chi connectivity index (χ4v) is 3.06. The van der Waals surface area contributed by atoms with Crippen LogP contribution < -0.4 is 5.32 Å². The third kappa shape index (κ3) is 4.34. The summed E-state index contributed by atoms with van der Waals surface area (Å²) in [5.74, 6) is 0.413. The van der Waals surface area contributed by atoms with E-state index in [1.807, 2.05) is 31.2 Å². The van der Waals surface area contributed by atoms with Gasteiger partial charge in [0.15, 0.2) is 4.90 Å². The highest BCUT2D eigenvalue weighted by Crippen LogP contribution is 2.31. The Balaban J connectivity index is 2.24. The molecule has 1 aromatic heterocycles. The van der Waals surface area contributed by atoms with E-state index in [-0.39, 0.29) is 16.8 Å². The summed E-state index contributed by atoms with van der Waals surface area (Å²) in [5, 5.41) is 3.43. The van der Waals surface area contributed by atoms with Gasteiger partial charge in [-0.25, -0.2) is 14.4 Å². The first-order valence-corrected chi connectivity index (χ1v) is 9.22. The SMILES string of the molecule is CCC(Nc1ncnc(C(C)F)c1Cl)c1ccc([S+](C)[O-])cc1. The van der Waals surface area contributed by atoms with E-state index in [1.165, 1.54) is 13.3 Å². The molecule has 0 aliphatic heterocycles. The van der Waals surface area contributed by atoms with Gasteiger partial charge in [0.05, 0.1) is 11.7 Å². The molecule has 1 aromatic carbocycles. The first-order chi connectivity index (χ1) is 10.9. The molecule has 0 aliphatic rings. The van der Waals surface area contributed by atoms with E-state index < -0.39 is 17.3 Å². The van der Waals surface area contributed by atoms with Crippen molar-refractivity contribution in [1.29, 1.82) is 0 Å². The predicted octanol–water partition coefficient (Wildman–Crippen LogP) is 4.46. The average Bonchev–Trinajstić information content (AvgIpc) is 2.53. The highest BCUT2D eigenvalue weighted by molar-refractivity contribution is 7.90. The second-order valence-electron chi connectivity index (χ2n) is 5.17. The summed E-state index contributed by atoms with van der Waals surface area (Å²) >= 11 is 5.19. The molecule has 7 heteroatoms. The molecule has 0 amide bonds. The van der Waals surface area contributed by atoms with Crippen LogP contribution in [-0.4, -0.2) is 20.8 Å². The maximum Gasteiger partial charge on any atom is 0.152 e. The molecule has 0 saturated heterocycles. The van der Waals surface area contributed by atoms with Gasteiger partial charge in [0, 0.05) is 0 Å². The molecule has 3 unspecified atom stereocenters. The van der Waals surface area contributed by atoms with Crippen LogP contribution in [-0.2, 0) is 11.2 Å². The molecule has 0 fully saturated rings. The molecule has 0 spiro atoms. The number of nitrogens with zero attached hydrogens (tertiary/aromatic N) is 2. The predicted molar refractivity (Wildman–Crippen MR) is 92.0 cm³/mol. The summed E-state index contributed by atoms with van der Waals surface area (Å²) in [6, 6.07) is 7.49. The molecule has 3 atom stereocenters. The topological polar surface area (TPSA) is 60.9 Å². The minimum absolute atomic E-state index is 0.0375. The first-order valence-electron chi connectivity index (χ1n) is 7.28. The third-order valence-corrected chi connectivity index (χ3v) is 4.84. The Hall–Kier alpha value is -1.37. The number of alkyl halides is 1. The highest BCUT2D eigenvalue weighted by atomic mass is 35.5. The number of rotatable bonds is 6. The van der Waals surface area contributed by atoms with Gasteiger partial charge in [-0.2, -0.15) is 0 Å². The van der Waals surface area contributed by atoms with Gasteiger partial charge in [-0.15, -0.1) is 0 Å². The van der Waals surface area contributed by atoms with Crippen molar-refractivity contribution < 1.29 is 8.94 Å². The van der Waals surface area contributed by atoms with Gasteiger partial charge < -0.3 is 9.87 Å². The summed E-state index contributed by atoms with van der Waals surface area (Å²) in [4.78, 5) is 8.77. The number of hydrogen-bond acceptors (Lipinski definition) is 4. The van der Waals surface area contributed by atoms with E-state index in [4.69, 9.17) is 11.6 Å². The van der Waals surface area contributed by atoms with E-state index in [2.05, 4.69) is 15.3 Å². The van der Waals surface area contributed by atoms with Crippen molar-refractivity contribution >= 4 is 28.6 Å². The number of hydrogen-bond donors (Lipinski definition) is 1. The Labute approximate surface area is 143 Å². The molecular weight excluding hydrogens is 337 g/mol. The van der Waals surface area contributed by atoms with Crippen molar-refractivity contribution in [3.63, 3.8) is 0 Å². The maximum atomic E-state index is 13.5. The van der Waals surface area contributed by atoms with Crippen LogP contribution in [0, 0.1) is 0 Å². The van der Waals surface area contributed by atoms with Crippen LogP contribution >= 0.6 is 11.6 Å². The minimum Gasteiger partial charge on any atom is -0.612 e. The number of benzene rings is 1. The van der Waals surface area contributed by atoms with Gasteiger partial charge in [-0.1, -0.05) is 30.7 Å². The van der Waals surface area contributed by atoms with Crippen LogP contribution in [0.4, 0.5) is 10.2 Å². The second-order valence-corrected chi connectivity index (χ2v) is 6.92. The van der Waals surface area contributed by atoms with Crippen LogP contribution in [0.1, 0.15) is 43.7 Å². The van der Waals surface area contributed by atoms with Crippen molar-refractivity contribution in [3.8, 4) is 0 Å². The number of halogens is 2. The van der Waals surface area contributed by atoms with Gasteiger partial charge in [0.1, 0.15) is 29.6 Å². The number of anilines is 1. The van der Waals surface area contributed by atoms with Crippen LogP contribution in [0.15, 0.2) is 35.5 Å². The Morgan fingerprint density at radius 1 is 1.30 bits per heavy atom. The first kappa shape index (κ1) is 18.0. The minimum atomic E-state index is -1.26. The highest BCUT2D eigenvalue weighted by Gasteiger charge is 2.18.